The Morgan fingerprint density at radius 1 is 1.07 bits per heavy atom. The minimum atomic E-state index is 0.265. The topological polar surface area (TPSA) is 43.3 Å². The smallest absolute Gasteiger partial charge is 0.0129 e. The molecule has 0 heterocycles. The van der Waals surface area contributed by atoms with E-state index in [1.807, 2.05) is 0 Å². The first-order chi connectivity index (χ1) is 6.93. The molecule has 1 N–H and O–H groups in total. The molecule has 0 aliphatic heterocycles. The molecular formula is C13H21O2-. The first-order valence-electron chi connectivity index (χ1n) is 5.20. The number of rotatable bonds is 1. The number of hydrogen-bond donors (Lipinski definition) is 1. The predicted molar refractivity (Wildman–Crippen MR) is 61.9 cm³/mol. The zero-order chi connectivity index (χ0) is 12.1. The second-order valence-corrected chi connectivity index (χ2v) is 4.99. The van der Waals surface area contributed by atoms with Gasteiger partial charge < -0.3 is 10.5 Å². The van der Waals surface area contributed by atoms with Crippen molar-refractivity contribution in [2.45, 2.75) is 46.0 Å². The molecule has 1 aromatic rings. The summed E-state index contributed by atoms with van der Waals surface area (Å²) in [6, 6.07) is 8.75. The standard InChI is InChI=1S/C13H20.H2O2/c1-10(2)11-8-6-7-9-12(11)13(3,4)5;1-2/h6-10H,1-5H3;1-2H/p-1. The Bertz CT molecular complexity index is 285. The van der Waals surface area contributed by atoms with Crippen LogP contribution in [0.2, 0.25) is 0 Å². The van der Waals surface area contributed by atoms with Crippen molar-refractivity contribution in [3.05, 3.63) is 35.4 Å². The van der Waals surface area contributed by atoms with Gasteiger partial charge in [0, 0.05) is 0 Å². The lowest BCUT2D eigenvalue weighted by Crippen LogP contribution is -2.14. The third-order valence-electron chi connectivity index (χ3n) is 2.39. The van der Waals surface area contributed by atoms with E-state index in [0.717, 1.165) is 0 Å². The molecule has 1 rings (SSSR count). The Labute approximate surface area is 92.5 Å². The quantitative estimate of drug-likeness (QED) is 0.571. The summed E-state index contributed by atoms with van der Waals surface area (Å²) >= 11 is 0. The fourth-order valence-corrected chi connectivity index (χ4v) is 1.68. The van der Waals surface area contributed by atoms with Crippen LogP contribution in [-0.4, -0.2) is 5.26 Å². The SMILES string of the molecule is CC(C)c1ccccc1C(C)(C)C.[O-]O. The summed E-state index contributed by atoms with van der Waals surface area (Å²) in [7, 11) is 0. The average Bonchev–Trinajstić information content (AvgIpc) is 2.19. The van der Waals surface area contributed by atoms with Crippen molar-refractivity contribution in [1.82, 2.24) is 0 Å². The Morgan fingerprint density at radius 3 is 1.87 bits per heavy atom. The van der Waals surface area contributed by atoms with E-state index in [0.29, 0.717) is 5.92 Å². The predicted octanol–water partition coefficient (Wildman–Crippen LogP) is 2.93. The summed E-state index contributed by atoms with van der Waals surface area (Å²) in [4.78, 5) is 0. The van der Waals surface area contributed by atoms with Crippen LogP contribution < -0.4 is 5.26 Å². The van der Waals surface area contributed by atoms with Gasteiger partial charge in [0.25, 0.3) is 0 Å². The van der Waals surface area contributed by atoms with Gasteiger partial charge in [-0.25, -0.2) is 0 Å². The van der Waals surface area contributed by atoms with Crippen LogP contribution in [0.1, 0.15) is 51.7 Å². The molecule has 0 saturated carbocycles. The largest absolute Gasteiger partial charge is 0.727 e. The van der Waals surface area contributed by atoms with E-state index < -0.39 is 0 Å². The third kappa shape index (κ3) is 4.02. The van der Waals surface area contributed by atoms with Crippen molar-refractivity contribution in [3.8, 4) is 0 Å². The summed E-state index contributed by atoms with van der Waals surface area (Å²) in [6.07, 6.45) is 0. The lowest BCUT2D eigenvalue weighted by molar-refractivity contribution is -0.670. The van der Waals surface area contributed by atoms with E-state index in [4.69, 9.17) is 10.5 Å². The molecule has 0 amide bonds. The van der Waals surface area contributed by atoms with Crippen molar-refractivity contribution >= 4 is 0 Å². The molecule has 0 aromatic heterocycles. The van der Waals surface area contributed by atoms with Gasteiger partial charge in [-0.15, -0.1) is 0 Å². The second-order valence-electron chi connectivity index (χ2n) is 4.99. The molecule has 2 nitrogen and oxygen atoms in total. The van der Waals surface area contributed by atoms with Gasteiger partial charge in [-0.3, -0.25) is 0 Å². The summed E-state index contributed by atoms with van der Waals surface area (Å²) in [5, 5.41) is 13.0. The monoisotopic (exact) mass is 209 g/mol. The molecule has 2 heteroatoms. The molecule has 0 bridgehead atoms. The Kier molecular flexibility index (Phi) is 5.55. The molecule has 0 aliphatic carbocycles. The first-order valence-corrected chi connectivity index (χ1v) is 5.20. The van der Waals surface area contributed by atoms with Crippen molar-refractivity contribution in [1.29, 1.82) is 0 Å². The van der Waals surface area contributed by atoms with Crippen LogP contribution in [-0.2, 0) is 5.41 Å². The van der Waals surface area contributed by atoms with Gasteiger partial charge in [0.2, 0.25) is 0 Å². The summed E-state index contributed by atoms with van der Waals surface area (Å²) < 4.78 is 0. The molecule has 0 saturated heterocycles. The van der Waals surface area contributed by atoms with Crippen LogP contribution in [0.15, 0.2) is 24.3 Å². The maximum Gasteiger partial charge on any atom is -0.0129 e. The molecule has 0 fully saturated rings. The summed E-state index contributed by atoms with van der Waals surface area (Å²) in [5.41, 5.74) is 3.22. The molecule has 0 unspecified atom stereocenters. The maximum atomic E-state index is 7.25. The highest BCUT2D eigenvalue weighted by Crippen LogP contribution is 2.29. The normalized spacial score (nSPS) is 10.9. The average molecular weight is 209 g/mol. The molecule has 0 atom stereocenters. The van der Waals surface area contributed by atoms with Crippen molar-refractivity contribution in [2.24, 2.45) is 0 Å². The fourth-order valence-electron chi connectivity index (χ4n) is 1.68. The Hall–Kier alpha value is -0.860. The van der Waals surface area contributed by atoms with Crippen LogP contribution in [0.3, 0.4) is 0 Å². The lowest BCUT2D eigenvalue weighted by Gasteiger charge is -2.24. The Balaban J connectivity index is 0.000000921. The van der Waals surface area contributed by atoms with Gasteiger partial charge in [0.15, 0.2) is 0 Å². The third-order valence-corrected chi connectivity index (χ3v) is 2.39. The van der Waals surface area contributed by atoms with E-state index in [-0.39, 0.29) is 5.41 Å². The van der Waals surface area contributed by atoms with Crippen LogP contribution in [0, 0.1) is 0 Å². The van der Waals surface area contributed by atoms with E-state index in [2.05, 4.69) is 58.9 Å². The van der Waals surface area contributed by atoms with Gasteiger partial charge in [0.05, 0.1) is 0 Å². The van der Waals surface area contributed by atoms with E-state index in [1.54, 1.807) is 0 Å². The Morgan fingerprint density at radius 2 is 1.53 bits per heavy atom. The molecule has 0 spiro atoms. The molecule has 15 heavy (non-hydrogen) atoms. The van der Waals surface area contributed by atoms with Gasteiger partial charge in [-0.1, -0.05) is 58.9 Å². The van der Waals surface area contributed by atoms with Gasteiger partial charge in [0.1, 0.15) is 0 Å². The van der Waals surface area contributed by atoms with E-state index in [1.165, 1.54) is 11.1 Å². The van der Waals surface area contributed by atoms with E-state index >= 15 is 0 Å². The molecule has 0 radical (unpaired) electrons. The van der Waals surface area contributed by atoms with Gasteiger partial charge in [-0.05, 0) is 22.5 Å². The minimum absolute atomic E-state index is 0.265. The van der Waals surface area contributed by atoms with Crippen LogP contribution >= 0.6 is 0 Å². The zero-order valence-electron chi connectivity index (χ0n) is 10.2. The molecule has 0 aliphatic rings. The van der Waals surface area contributed by atoms with Crippen molar-refractivity contribution < 1.29 is 10.5 Å². The number of benzene rings is 1. The second kappa shape index (κ2) is 5.89. The molecular weight excluding hydrogens is 188 g/mol. The van der Waals surface area contributed by atoms with Crippen molar-refractivity contribution in [2.75, 3.05) is 0 Å². The highest BCUT2D eigenvalue weighted by molar-refractivity contribution is 5.34. The van der Waals surface area contributed by atoms with Crippen molar-refractivity contribution in [3.63, 3.8) is 0 Å². The van der Waals surface area contributed by atoms with Crippen LogP contribution in [0.4, 0.5) is 0 Å². The van der Waals surface area contributed by atoms with Crippen LogP contribution in [0.5, 0.6) is 0 Å². The first kappa shape index (κ1) is 14.1. The number of hydrogen-bond acceptors (Lipinski definition) is 2. The lowest BCUT2D eigenvalue weighted by atomic mass is 9.81. The zero-order valence-corrected chi connectivity index (χ0v) is 10.2. The molecule has 1 aromatic carbocycles. The van der Waals surface area contributed by atoms with Crippen LogP contribution in [0.25, 0.3) is 0 Å². The van der Waals surface area contributed by atoms with Gasteiger partial charge in [-0.2, -0.15) is 0 Å². The minimum Gasteiger partial charge on any atom is -0.727 e. The van der Waals surface area contributed by atoms with Gasteiger partial charge >= 0.3 is 0 Å². The maximum absolute atomic E-state index is 7.25. The van der Waals surface area contributed by atoms with E-state index in [9.17, 15) is 0 Å². The summed E-state index contributed by atoms with van der Waals surface area (Å²) in [6.45, 7) is 11.3. The fraction of sp³-hybridized carbons (Fsp3) is 0.538. The highest BCUT2D eigenvalue weighted by Gasteiger charge is 2.18. The molecule has 86 valence electrons. The highest BCUT2D eigenvalue weighted by atomic mass is 17.0. The summed E-state index contributed by atoms with van der Waals surface area (Å²) in [5.74, 6) is 0.621.